The number of nitrogens with zero attached hydrogens (tertiary/aromatic N) is 1. The zero-order valence-electron chi connectivity index (χ0n) is 26.1. The minimum absolute atomic E-state index is 0.0631. The van der Waals surface area contributed by atoms with E-state index in [-0.39, 0.29) is 30.9 Å². The second-order valence-corrected chi connectivity index (χ2v) is 12.7. The molecule has 4 rings (SSSR count). The van der Waals surface area contributed by atoms with Crippen molar-refractivity contribution < 1.29 is 28.7 Å². The van der Waals surface area contributed by atoms with Gasteiger partial charge in [-0.25, -0.2) is 9.59 Å². The van der Waals surface area contributed by atoms with E-state index in [4.69, 9.17) is 9.47 Å². The Hall–Kier alpha value is -4.08. The molecule has 1 saturated carbocycles. The summed E-state index contributed by atoms with van der Waals surface area (Å²) in [7, 11) is 0. The van der Waals surface area contributed by atoms with Crippen molar-refractivity contribution in [2.75, 3.05) is 13.1 Å². The maximum absolute atomic E-state index is 13.8. The molecule has 10 nitrogen and oxygen atoms in total. The van der Waals surface area contributed by atoms with E-state index in [2.05, 4.69) is 16.0 Å². The van der Waals surface area contributed by atoms with Gasteiger partial charge in [-0.15, -0.1) is 0 Å². The van der Waals surface area contributed by atoms with E-state index >= 15 is 0 Å². The Morgan fingerprint density at radius 1 is 0.864 bits per heavy atom. The number of alkyl carbamates (subject to hydrolysis) is 2. The third-order valence-electron chi connectivity index (χ3n) is 8.06. The van der Waals surface area contributed by atoms with E-state index in [1.54, 1.807) is 4.90 Å². The molecular formula is C34H46N4O6. The largest absolute Gasteiger partial charge is 0.445 e. The summed E-state index contributed by atoms with van der Waals surface area (Å²) in [6.45, 7) is 6.58. The van der Waals surface area contributed by atoms with Crippen LogP contribution >= 0.6 is 0 Å². The number of hydrogen-bond donors (Lipinski definition) is 3. The van der Waals surface area contributed by atoms with Crippen LogP contribution in [0.15, 0.2) is 60.7 Å². The normalized spacial score (nSPS) is 20.7. The molecule has 1 aliphatic heterocycles. The number of likely N-dealkylation sites (tertiary alicyclic amines) is 1. The lowest BCUT2D eigenvalue weighted by atomic mass is 9.86. The van der Waals surface area contributed by atoms with Gasteiger partial charge in [0.2, 0.25) is 11.8 Å². The Labute approximate surface area is 260 Å². The summed E-state index contributed by atoms with van der Waals surface area (Å²) in [6, 6.07) is 17.4. The molecule has 0 bridgehead atoms. The average molecular weight is 607 g/mol. The van der Waals surface area contributed by atoms with Crippen LogP contribution in [0, 0.1) is 5.92 Å². The highest BCUT2D eigenvalue weighted by Gasteiger charge is 2.38. The lowest BCUT2D eigenvalue weighted by Gasteiger charge is -2.31. The highest BCUT2D eigenvalue weighted by atomic mass is 16.6. The lowest BCUT2D eigenvalue weighted by Crippen LogP contribution is -2.54. The molecule has 0 spiro atoms. The first-order valence-corrected chi connectivity index (χ1v) is 15.7. The van der Waals surface area contributed by atoms with Crippen molar-refractivity contribution >= 4 is 24.0 Å². The van der Waals surface area contributed by atoms with Gasteiger partial charge in [0.1, 0.15) is 24.3 Å². The van der Waals surface area contributed by atoms with Crippen LogP contribution in [0.1, 0.15) is 70.4 Å². The van der Waals surface area contributed by atoms with Gasteiger partial charge >= 0.3 is 12.2 Å². The molecular weight excluding hydrogens is 560 g/mol. The number of benzene rings is 2. The number of carbonyl (C=O) groups excluding carboxylic acids is 4. The molecule has 2 unspecified atom stereocenters. The molecule has 238 valence electrons. The SMILES string of the molecule is CC(C)(C)OC(=O)NC1CCC(CNC(=O)C2CCCN2C(=O)C(Cc2ccccc2)NC(=O)OCc2ccccc2)CC1. The molecule has 1 aliphatic carbocycles. The molecule has 2 aromatic carbocycles. The van der Waals surface area contributed by atoms with Crippen molar-refractivity contribution in [1.82, 2.24) is 20.9 Å². The minimum Gasteiger partial charge on any atom is -0.445 e. The fourth-order valence-corrected chi connectivity index (χ4v) is 5.81. The highest BCUT2D eigenvalue weighted by molar-refractivity contribution is 5.92. The van der Waals surface area contributed by atoms with Gasteiger partial charge in [0.05, 0.1) is 0 Å². The average Bonchev–Trinajstić information content (AvgIpc) is 3.49. The molecule has 2 atom stereocenters. The molecule has 4 amide bonds. The van der Waals surface area contributed by atoms with Crippen LogP contribution in [0.2, 0.25) is 0 Å². The fraction of sp³-hybridized carbons (Fsp3) is 0.529. The number of carbonyl (C=O) groups is 4. The molecule has 2 aliphatic rings. The van der Waals surface area contributed by atoms with Crippen LogP contribution in [0.3, 0.4) is 0 Å². The Kier molecular flexibility index (Phi) is 11.6. The maximum Gasteiger partial charge on any atom is 0.408 e. The van der Waals surface area contributed by atoms with Crippen molar-refractivity contribution in [2.24, 2.45) is 5.92 Å². The third kappa shape index (κ3) is 10.3. The Morgan fingerprint density at radius 2 is 1.50 bits per heavy atom. The molecule has 1 saturated heterocycles. The summed E-state index contributed by atoms with van der Waals surface area (Å²) >= 11 is 0. The van der Waals surface area contributed by atoms with Gasteiger partial charge in [-0.2, -0.15) is 0 Å². The predicted molar refractivity (Wildman–Crippen MR) is 167 cm³/mol. The third-order valence-corrected chi connectivity index (χ3v) is 8.06. The summed E-state index contributed by atoms with van der Waals surface area (Å²) in [5.74, 6) is -0.167. The van der Waals surface area contributed by atoms with Gasteiger partial charge in [0.25, 0.3) is 0 Å². The fourth-order valence-electron chi connectivity index (χ4n) is 5.81. The summed E-state index contributed by atoms with van der Waals surface area (Å²) in [6.07, 6.45) is 3.88. The second kappa shape index (κ2) is 15.6. The molecule has 0 aromatic heterocycles. The number of nitrogens with one attached hydrogen (secondary N) is 3. The van der Waals surface area contributed by atoms with Crippen LogP contribution in [0.5, 0.6) is 0 Å². The predicted octanol–water partition coefficient (Wildman–Crippen LogP) is 4.71. The van der Waals surface area contributed by atoms with Crippen LogP contribution in [0.4, 0.5) is 9.59 Å². The zero-order chi connectivity index (χ0) is 31.5. The van der Waals surface area contributed by atoms with Crippen molar-refractivity contribution in [3.63, 3.8) is 0 Å². The lowest BCUT2D eigenvalue weighted by molar-refractivity contribution is -0.140. The molecule has 10 heteroatoms. The first-order valence-electron chi connectivity index (χ1n) is 15.7. The molecule has 1 heterocycles. The van der Waals surface area contributed by atoms with Crippen LogP contribution in [0.25, 0.3) is 0 Å². The summed E-state index contributed by atoms with van der Waals surface area (Å²) in [4.78, 5) is 53.6. The molecule has 0 radical (unpaired) electrons. The Balaban J connectivity index is 1.29. The van der Waals surface area contributed by atoms with Crippen LogP contribution in [-0.4, -0.2) is 65.7 Å². The van der Waals surface area contributed by atoms with Crippen molar-refractivity contribution in [3.05, 3.63) is 71.8 Å². The van der Waals surface area contributed by atoms with Crippen LogP contribution < -0.4 is 16.0 Å². The van der Waals surface area contributed by atoms with Gasteiger partial charge in [-0.05, 0) is 76.3 Å². The first kappa shape index (κ1) is 32.8. The number of ether oxygens (including phenoxy) is 2. The van der Waals surface area contributed by atoms with E-state index < -0.39 is 29.9 Å². The van der Waals surface area contributed by atoms with Crippen molar-refractivity contribution in [3.8, 4) is 0 Å². The zero-order valence-corrected chi connectivity index (χ0v) is 26.1. The van der Waals surface area contributed by atoms with E-state index in [9.17, 15) is 19.2 Å². The van der Waals surface area contributed by atoms with E-state index in [0.717, 1.165) is 36.8 Å². The monoisotopic (exact) mass is 606 g/mol. The minimum atomic E-state index is -0.873. The Morgan fingerprint density at radius 3 is 2.14 bits per heavy atom. The number of amides is 4. The van der Waals surface area contributed by atoms with Gasteiger partial charge in [0.15, 0.2) is 0 Å². The van der Waals surface area contributed by atoms with Gasteiger partial charge in [-0.1, -0.05) is 60.7 Å². The summed E-state index contributed by atoms with van der Waals surface area (Å²) in [5, 5.41) is 8.79. The number of hydrogen-bond acceptors (Lipinski definition) is 6. The highest BCUT2D eigenvalue weighted by Crippen LogP contribution is 2.25. The summed E-state index contributed by atoms with van der Waals surface area (Å²) < 4.78 is 10.8. The van der Waals surface area contributed by atoms with E-state index in [1.165, 1.54) is 0 Å². The Bertz CT molecular complexity index is 1240. The second-order valence-electron chi connectivity index (χ2n) is 12.7. The van der Waals surface area contributed by atoms with Crippen molar-refractivity contribution in [1.29, 1.82) is 0 Å². The standard InChI is InChI=1S/C34H46N4O6/c1-34(2,3)44-33(42)36-27-18-16-25(17-19-27)22-35-30(39)29-15-10-20-38(29)31(40)28(21-24-11-6-4-7-12-24)37-32(41)43-23-26-13-8-5-9-14-26/h4-9,11-14,25,27-29H,10,15-23H2,1-3H3,(H,35,39)(H,36,42)(H,37,41). The van der Waals surface area contributed by atoms with Gasteiger partial charge < -0.3 is 30.3 Å². The van der Waals surface area contributed by atoms with Crippen LogP contribution in [-0.2, 0) is 32.1 Å². The van der Waals surface area contributed by atoms with E-state index in [1.807, 2.05) is 81.4 Å². The smallest absolute Gasteiger partial charge is 0.408 e. The topological polar surface area (TPSA) is 126 Å². The van der Waals surface area contributed by atoms with E-state index in [0.29, 0.717) is 31.8 Å². The summed E-state index contributed by atoms with van der Waals surface area (Å²) in [5.41, 5.74) is 1.20. The van der Waals surface area contributed by atoms with Gasteiger partial charge in [-0.3, -0.25) is 9.59 Å². The van der Waals surface area contributed by atoms with Gasteiger partial charge in [0, 0.05) is 25.6 Å². The molecule has 2 aromatic rings. The molecule has 3 N–H and O–H groups in total. The first-order chi connectivity index (χ1) is 21.1. The van der Waals surface area contributed by atoms with Crippen molar-refractivity contribution in [2.45, 2.75) is 96.1 Å². The molecule has 2 fully saturated rings. The number of rotatable bonds is 10. The maximum atomic E-state index is 13.8. The molecule has 44 heavy (non-hydrogen) atoms. The quantitative estimate of drug-likeness (QED) is 0.360.